The average molecular weight is 372 g/mol. The van der Waals surface area contributed by atoms with Gasteiger partial charge in [0.05, 0.1) is 22.9 Å². The topological polar surface area (TPSA) is 66.5 Å². The number of benzene rings is 2. The van der Waals surface area contributed by atoms with Gasteiger partial charge < -0.3 is 5.32 Å². The quantitative estimate of drug-likeness (QED) is 0.663. The Kier molecular flexibility index (Phi) is 3.72. The van der Waals surface area contributed by atoms with E-state index in [9.17, 15) is 14.4 Å². The second-order valence-electron chi connectivity index (χ2n) is 7.77. The van der Waals surface area contributed by atoms with Crippen molar-refractivity contribution in [2.45, 2.75) is 12.8 Å². The van der Waals surface area contributed by atoms with E-state index in [4.69, 9.17) is 0 Å². The van der Waals surface area contributed by atoms with Crippen LogP contribution in [0.4, 0.5) is 11.4 Å². The Labute approximate surface area is 163 Å². The van der Waals surface area contributed by atoms with Crippen LogP contribution in [-0.4, -0.2) is 17.7 Å². The van der Waals surface area contributed by atoms with Gasteiger partial charge in [-0.1, -0.05) is 48.6 Å². The molecule has 4 atom stereocenters. The third kappa shape index (κ3) is 2.29. The van der Waals surface area contributed by atoms with Gasteiger partial charge in [0.2, 0.25) is 17.7 Å². The predicted molar refractivity (Wildman–Crippen MR) is 105 cm³/mol. The Morgan fingerprint density at radius 1 is 0.964 bits per heavy atom. The summed E-state index contributed by atoms with van der Waals surface area (Å²) in [5.41, 5.74) is 0.284. The molecule has 0 unspecified atom stereocenters. The summed E-state index contributed by atoms with van der Waals surface area (Å²) in [6, 6.07) is 18.2. The van der Waals surface area contributed by atoms with Crippen LogP contribution in [0.3, 0.4) is 0 Å². The largest absolute Gasteiger partial charge is 0.325 e. The maximum atomic E-state index is 13.4. The summed E-state index contributed by atoms with van der Waals surface area (Å²) in [7, 11) is 0. The summed E-state index contributed by atoms with van der Waals surface area (Å²) in [5, 5.41) is 2.96. The number of para-hydroxylation sites is 2. The number of allylic oxidation sites excluding steroid dienone is 1. The normalized spacial score (nSPS) is 30.4. The Morgan fingerprint density at radius 3 is 2.29 bits per heavy atom. The van der Waals surface area contributed by atoms with Crippen molar-refractivity contribution < 1.29 is 14.4 Å². The first-order chi connectivity index (χ1) is 13.6. The molecule has 0 radical (unpaired) electrons. The fourth-order valence-corrected chi connectivity index (χ4v) is 5.03. The zero-order valence-corrected chi connectivity index (χ0v) is 15.2. The van der Waals surface area contributed by atoms with Gasteiger partial charge in [0.1, 0.15) is 0 Å². The molecule has 0 spiro atoms. The van der Waals surface area contributed by atoms with Gasteiger partial charge in [-0.3, -0.25) is 14.4 Å². The maximum Gasteiger partial charge on any atom is 0.239 e. The van der Waals surface area contributed by atoms with Gasteiger partial charge in [-0.2, -0.15) is 0 Å². The SMILES string of the molecule is O=C1[C@@H]2[C@@H]3C=C[C@](C(=O)Nc4ccccc4)(CC3)[C@H]2C(=O)N1c1ccccc1. The molecule has 3 aliphatic carbocycles. The van der Waals surface area contributed by atoms with E-state index >= 15 is 0 Å². The number of nitrogens with one attached hydrogen (secondary N) is 1. The fraction of sp³-hybridized carbons (Fsp3) is 0.261. The van der Waals surface area contributed by atoms with E-state index in [0.29, 0.717) is 17.8 Å². The van der Waals surface area contributed by atoms with Crippen molar-refractivity contribution in [3.63, 3.8) is 0 Å². The zero-order chi connectivity index (χ0) is 19.3. The second kappa shape index (κ2) is 6.16. The van der Waals surface area contributed by atoms with Crippen molar-refractivity contribution in [3.05, 3.63) is 72.8 Å². The maximum absolute atomic E-state index is 13.4. The van der Waals surface area contributed by atoms with Gasteiger partial charge in [-0.15, -0.1) is 0 Å². The van der Waals surface area contributed by atoms with Crippen molar-refractivity contribution in [3.8, 4) is 0 Å². The van der Waals surface area contributed by atoms with E-state index in [1.54, 1.807) is 12.1 Å². The van der Waals surface area contributed by atoms with Crippen molar-refractivity contribution in [2.75, 3.05) is 10.2 Å². The summed E-state index contributed by atoms with van der Waals surface area (Å²) in [6.07, 6.45) is 5.16. The molecule has 1 aliphatic heterocycles. The van der Waals surface area contributed by atoms with Gasteiger partial charge in [0.15, 0.2) is 0 Å². The van der Waals surface area contributed by atoms with Crippen LogP contribution in [0.1, 0.15) is 12.8 Å². The molecule has 6 rings (SSSR count). The van der Waals surface area contributed by atoms with Crippen LogP contribution in [0.5, 0.6) is 0 Å². The average Bonchev–Trinajstić information content (AvgIpc) is 3.03. The number of anilines is 2. The highest BCUT2D eigenvalue weighted by molar-refractivity contribution is 6.24. The highest BCUT2D eigenvalue weighted by atomic mass is 16.2. The number of nitrogens with zero attached hydrogens (tertiary/aromatic N) is 1. The first-order valence-corrected chi connectivity index (χ1v) is 9.60. The lowest BCUT2D eigenvalue weighted by atomic mass is 9.54. The van der Waals surface area contributed by atoms with E-state index in [-0.39, 0.29) is 23.6 Å². The van der Waals surface area contributed by atoms with Crippen molar-refractivity contribution in [1.82, 2.24) is 0 Å². The van der Waals surface area contributed by atoms with Crippen LogP contribution >= 0.6 is 0 Å². The van der Waals surface area contributed by atoms with Crippen LogP contribution in [0.2, 0.25) is 0 Å². The highest BCUT2D eigenvalue weighted by Gasteiger charge is 2.65. The number of rotatable bonds is 3. The monoisotopic (exact) mass is 372 g/mol. The molecule has 1 N–H and O–H groups in total. The molecule has 1 saturated heterocycles. The van der Waals surface area contributed by atoms with E-state index in [1.165, 1.54) is 4.90 Å². The lowest BCUT2D eigenvalue weighted by molar-refractivity contribution is -0.140. The van der Waals surface area contributed by atoms with E-state index in [1.807, 2.05) is 60.7 Å². The number of carbonyl (C=O) groups excluding carboxylic acids is 3. The van der Waals surface area contributed by atoms with Crippen molar-refractivity contribution in [1.29, 1.82) is 0 Å². The molecule has 5 heteroatoms. The number of amides is 3. The number of hydrogen-bond donors (Lipinski definition) is 1. The lowest BCUT2D eigenvalue weighted by Gasteiger charge is -2.46. The van der Waals surface area contributed by atoms with E-state index in [2.05, 4.69) is 5.32 Å². The summed E-state index contributed by atoms with van der Waals surface area (Å²) in [4.78, 5) is 41.2. The van der Waals surface area contributed by atoms with Crippen LogP contribution < -0.4 is 10.2 Å². The number of imide groups is 1. The molecule has 2 fully saturated rings. The van der Waals surface area contributed by atoms with E-state index < -0.39 is 17.3 Å². The molecule has 1 saturated carbocycles. The molecule has 140 valence electrons. The standard InChI is InChI=1S/C23H20N2O3/c26-20-18-15-11-13-23(14-12-15,22(28)24-16-7-3-1-4-8-16)19(18)21(27)25(20)17-9-5-2-6-10-17/h1-11,13,15,18-19H,12,14H2,(H,24,28)/t15-,18-,19-,23+/m1/s1. The lowest BCUT2D eigenvalue weighted by Crippen LogP contribution is -2.53. The Bertz CT molecular complexity index is 985. The first kappa shape index (κ1) is 16.9. The van der Waals surface area contributed by atoms with Gasteiger partial charge in [-0.25, -0.2) is 4.90 Å². The summed E-state index contributed by atoms with van der Waals surface area (Å²) >= 11 is 0. The van der Waals surface area contributed by atoms with Gasteiger partial charge in [0, 0.05) is 5.69 Å². The Balaban J connectivity index is 1.54. The molecule has 3 amide bonds. The van der Waals surface area contributed by atoms with Crippen LogP contribution in [0.25, 0.3) is 0 Å². The summed E-state index contributed by atoms with van der Waals surface area (Å²) < 4.78 is 0. The van der Waals surface area contributed by atoms with Gasteiger partial charge in [0.25, 0.3) is 0 Å². The number of hydrogen-bond acceptors (Lipinski definition) is 3. The molecule has 4 aliphatic rings. The molecule has 0 aromatic heterocycles. The second-order valence-corrected chi connectivity index (χ2v) is 7.77. The minimum absolute atomic E-state index is 0.0153. The molecular weight excluding hydrogens is 352 g/mol. The van der Waals surface area contributed by atoms with Crippen LogP contribution in [-0.2, 0) is 14.4 Å². The minimum Gasteiger partial charge on any atom is -0.325 e. The Hall–Kier alpha value is -3.21. The van der Waals surface area contributed by atoms with Crippen molar-refractivity contribution in [2.24, 2.45) is 23.2 Å². The molecule has 1 heterocycles. The molecule has 28 heavy (non-hydrogen) atoms. The predicted octanol–water partition coefficient (Wildman–Crippen LogP) is 3.40. The Morgan fingerprint density at radius 2 is 1.64 bits per heavy atom. The van der Waals surface area contributed by atoms with Crippen LogP contribution in [0.15, 0.2) is 72.8 Å². The third-order valence-electron chi connectivity index (χ3n) is 6.37. The summed E-state index contributed by atoms with van der Waals surface area (Å²) in [6.45, 7) is 0. The van der Waals surface area contributed by atoms with Gasteiger partial charge >= 0.3 is 0 Å². The summed E-state index contributed by atoms with van der Waals surface area (Å²) in [5.74, 6) is -1.76. The van der Waals surface area contributed by atoms with Crippen LogP contribution in [0, 0.1) is 23.2 Å². The molecule has 2 aromatic rings. The smallest absolute Gasteiger partial charge is 0.239 e. The molecule has 2 bridgehead atoms. The first-order valence-electron chi connectivity index (χ1n) is 9.60. The minimum atomic E-state index is -0.981. The number of fused-ring (bicyclic) bond motifs is 1. The van der Waals surface area contributed by atoms with E-state index in [0.717, 1.165) is 6.42 Å². The third-order valence-corrected chi connectivity index (χ3v) is 6.37. The molecule has 2 aromatic carbocycles. The number of carbonyl (C=O) groups is 3. The molecule has 5 nitrogen and oxygen atoms in total. The highest BCUT2D eigenvalue weighted by Crippen LogP contribution is 2.57. The van der Waals surface area contributed by atoms with Crippen molar-refractivity contribution >= 4 is 29.1 Å². The zero-order valence-electron chi connectivity index (χ0n) is 15.2. The fourth-order valence-electron chi connectivity index (χ4n) is 5.03. The molecular formula is C23H20N2O3. The van der Waals surface area contributed by atoms with Gasteiger partial charge in [-0.05, 0) is 43.0 Å².